The zero-order valence-corrected chi connectivity index (χ0v) is 10.3. The Kier molecular flexibility index (Phi) is 4.79. The van der Waals surface area contributed by atoms with Crippen molar-refractivity contribution in [2.24, 2.45) is 5.92 Å². The third-order valence-electron chi connectivity index (χ3n) is 2.75. The standard InChI is InChI=1S/C11H15F3N2O3/c1-2-16(6-11(12,13)14)10(19)15-8-4-3-7(5-8)9(17)18/h3-4,7-8H,2,5-6H2,1H3,(H,15,19)(H,17,18). The number of carboxylic acid groups (broad SMARTS) is 1. The molecule has 19 heavy (non-hydrogen) atoms. The first kappa shape index (κ1) is 15.3. The Hall–Kier alpha value is -1.73. The number of alkyl halides is 3. The Morgan fingerprint density at radius 3 is 2.47 bits per heavy atom. The maximum atomic E-state index is 12.2. The van der Waals surface area contributed by atoms with Crippen molar-refractivity contribution >= 4 is 12.0 Å². The zero-order valence-electron chi connectivity index (χ0n) is 10.3. The Balaban J connectivity index is 2.51. The number of carbonyl (C=O) groups is 2. The molecule has 2 unspecified atom stereocenters. The quantitative estimate of drug-likeness (QED) is 0.769. The van der Waals surface area contributed by atoms with Gasteiger partial charge in [0.25, 0.3) is 0 Å². The van der Waals surface area contributed by atoms with Crippen LogP contribution in [0.1, 0.15) is 13.3 Å². The fraction of sp³-hybridized carbons (Fsp3) is 0.636. The molecule has 0 fully saturated rings. The maximum absolute atomic E-state index is 12.2. The van der Waals surface area contributed by atoms with Crippen LogP contribution >= 0.6 is 0 Å². The summed E-state index contributed by atoms with van der Waals surface area (Å²) in [5, 5.41) is 11.1. The van der Waals surface area contributed by atoms with Gasteiger partial charge in [0.1, 0.15) is 6.54 Å². The first-order valence-electron chi connectivity index (χ1n) is 5.76. The molecule has 0 saturated heterocycles. The third-order valence-corrected chi connectivity index (χ3v) is 2.75. The topological polar surface area (TPSA) is 69.6 Å². The molecule has 1 aliphatic carbocycles. The van der Waals surface area contributed by atoms with E-state index in [2.05, 4.69) is 5.32 Å². The summed E-state index contributed by atoms with van der Waals surface area (Å²) in [5.74, 6) is -1.72. The maximum Gasteiger partial charge on any atom is 0.406 e. The minimum atomic E-state index is -4.46. The number of urea groups is 1. The molecule has 0 bridgehead atoms. The van der Waals surface area contributed by atoms with Crippen molar-refractivity contribution in [3.05, 3.63) is 12.2 Å². The van der Waals surface area contributed by atoms with Gasteiger partial charge in [-0.25, -0.2) is 4.79 Å². The third kappa shape index (κ3) is 4.80. The van der Waals surface area contributed by atoms with Gasteiger partial charge in [0.15, 0.2) is 0 Å². The van der Waals surface area contributed by atoms with Crippen molar-refractivity contribution in [2.75, 3.05) is 13.1 Å². The van der Waals surface area contributed by atoms with Crippen LogP contribution in [-0.4, -0.2) is 47.3 Å². The lowest BCUT2D eigenvalue weighted by Gasteiger charge is -2.24. The fourth-order valence-electron chi connectivity index (χ4n) is 1.78. The van der Waals surface area contributed by atoms with Gasteiger partial charge in [0.05, 0.1) is 12.0 Å². The van der Waals surface area contributed by atoms with E-state index in [0.717, 1.165) is 0 Å². The molecule has 0 aromatic carbocycles. The van der Waals surface area contributed by atoms with E-state index in [1.165, 1.54) is 19.1 Å². The Labute approximate surface area is 108 Å². The molecule has 1 aliphatic rings. The number of nitrogens with zero attached hydrogens (tertiary/aromatic N) is 1. The van der Waals surface area contributed by atoms with Crippen molar-refractivity contribution in [2.45, 2.75) is 25.6 Å². The molecule has 5 nitrogen and oxygen atoms in total. The summed E-state index contributed by atoms with van der Waals surface area (Å²) in [5.41, 5.74) is 0. The van der Waals surface area contributed by atoms with Crippen LogP contribution in [0.25, 0.3) is 0 Å². The second-order valence-electron chi connectivity index (χ2n) is 4.25. The van der Waals surface area contributed by atoms with E-state index in [1.807, 2.05) is 0 Å². The minimum Gasteiger partial charge on any atom is -0.481 e. The van der Waals surface area contributed by atoms with Gasteiger partial charge in [0.2, 0.25) is 0 Å². The number of amides is 2. The van der Waals surface area contributed by atoms with E-state index in [1.54, 1.807) is 0 Å². The SMILES string of the molecule is CCN(CC(F)(F)F)C(=O)NC1C=CC(C(=O)O)C1. The Bertz CT molecular complexity index is 382. The number of rotatable bonds is 4. The summed E-state index contributed by atoms with van der Waals surface area (Å²) >= 11 is 0. The number of aliphatic carboxylic acids is 1. The Morgan fingerprint density at radius 1 is 1.42 bits per heavy atom. The van der Waals surface area contributed by atoms with Crippen LogP contribution in [0.15, 0.2) is 12.2 Å². The normalized spacial score (nSPS) is 22.3. The molecule has 2 N–H and O–H groups in total. The zero-order chi connectivity index (χ0) is 14.6. The summed E-state index contributed by atoms with van der Waals surface area (Å²) in [6.45, 7) is 0.0358. The summed E-state index contributed by atoms with van der Waals surface area (Å²) in [4.78, 5) is 22.9. The molecule has 0 aromatic rings. The molecular formula is C11H15F3N2O3. The monoisotopic (exact) mass is 280 g/mol. The molecule has 108 valence electrons. The summed E-state index contributed by atoms with van der Waals surface area (Å²) in [7, 11) is 0. The van der Waals surface area contributed by atoms with Gasteiger partial charge in [-0.05, 0) is 13.3 Å². The van der Waals surface area contributed by atoms with Gasteiger partial charge in [-0.15, -0.1) is 0 Å². The number of carbonyl (C=O) groups excluding carboxylic acids is 1. The van der Waals surface area contributed by atoms with Crippen LogP contribution in [0.3, 0.4) is 0 Å². The predicted molar refractivity (Wildman–Crippen MR) is 60.5 cm³/mol. The van der Waals surface area contributed by atoms with E-state index in [0.29, 0.717) is 4.90 Å². The van der Waals surface area contributed by atoms with Crippen LogP contribution in [0, 0.1) is 5.92 Å². The van der Waals surface area contributed by atoms with Gasteiger partial charge >= 0.3 is 18.2 Å². The molecule has 2 amide bonds. The molecule has 1 rings (SSSR count). The first-order valence-corrected chi connectivity index (χ1v) is 5.76. The lowest BCUT2D eigenvalue weighted by atomic mass is 10.1. The number of nitrogens with one attached hydrogen (secondary N) is 1. The Morgan fingerprint density at radius 2 is 2.05 bits per heavy atom. The van der Waals surface area contributed by atoms with Crippen molar-refractivity contribution in [3.63, 3.8) is 0 Å². The van der Waals surface area contributed by atoms with Crippen LogP contribution in [-0.2, 0) is 4.79 Å². The van der Waals surface area contributed by atoms with Gasteiger partial charge in [0, 0.05) is 6.54 Å². The van der Waals surface area contributed by atoms with Crippen molar-refractivity contribution < 1.29 is 27.9 Å². The first-order chi connectivity index (χ1) is 8.73. The van der Waals surface area contributed by atoms with Gasteiger partial charge < -0.3 is 15.3 Å². The number of halogens is 3. The minimum absolute atomic E-state index is 0.0792. The van der Waals surface area contributed by atoms with Crippen LogP contribution in [0.4, 0.5) is 18.0 Å². The second-order valence-corrected chi connectivity index (χ2v) is 4.25. The van der Waals surface area contributed by atoms with Crippen LogP contribution < -0.4 is 5.32 Å². The van der Waals surface area contributed by atoms with E-state index in [-0.39, 0.29) is 13.0 Å². The van der Waals surface area contributed by atoms with Gasteiger partial charge in [-0.1, -0.05) is 12.2 Å². The van der Waals surface area contributed by atoms with Crippen molar-refractivity contribution in [1.82, 2.24) is 10.2 Å². The van der Waals surface area contributed by atoms with E-state index < -0.39 is 36.7 Å². The molecular weight excluding hydrogens is 265 g/mol. The number of hydrogen-bond donors (Lipinski definition) is 2. The molecule has 0 aliphatic heterocycles. The highest BCUT2D eigenvalue weighted by Gasteiger charge is 2.33. The average molecular weight is 280 g/mol. The van der Waals surface area contributed by atoms with E-state index in [4.69, 9.17) is 5.11 Å². The highest BCUT2D eigenvalue weighted by Crippen LogP contribution is 2.19. The summed E-state index contributed by atoms with van der Waals surface area (Å²) < 4.78 is 36.7. The largest absolute Gasteiger partial charge is 0.481 e. The summed E-state index contributed by atoms with van der Waals surface area (Å²) in [6, 6.07) is -1.39. The molecule has 8 heteroatoms. The van der Waals surface area contributed by atoms with Crippen molar-refractivity contribution in [1.29, 1.82) is 0 Å². The van der Waals surface area contributed by atoms with Crippen LogP contribution in [0.2, 0.25) is 0 Å². The highest BCUT2D eigenvalue weighted by atomic mass is 19.4. The van der Waals surface area contributed by atoms with Gasteiger partial charge in [-0.3, -0.25) is 4.79 Å². The molecule has 0 saturated carbocycles. The lowest BCUT2D eigenvalue weighted by molar-refractivity contribution is -0.140. The average Bonchev–Trinajstić information content (AvgIpc) is 2.73. The number of hydrogen-bond acceptors (Lipinski definition) is 2. The molecule has 0 radical (unpaired) electrons. The molecule has 0 aromatic heterocycles. The van der Waals surface area contributed by atoms with Crippen LogP contribution in [0.5, 0.6) is 0 Å². The second kappa shape index (κ2) is 5.94. The molecule has 2 atom stereocenters. The van der Waals surface area contributed by atoms with E-state index >= 15 is 0 Å². The number of carboxylic acids is 1. The molecule has 0 heterocycles. The smallest absolute Gasteiger partial charge is 0.406 e. The highest BCUT2D eigenvalue weighted by molar-refractivity contribution is 5.76. The van der Waals surface area contributed by atoms with E-state index in [9.17, 15) is 22.8 Å². The fourth-order valence-corrected chi connectivity index (χ4v) is 1.78. The predicted octanol–water partition coefficient (Wildman–Crippen LogP) is 1.61. The summed E-state index contributed by atoms with van der Waals surface area (Å²) in [6.07, 6.45) is -1.39. The van der Waals surface area contributed by atoms with Gasteiger partial charge in [-0.2, -0.15) is 13.2 Å². The van der Waals surface area contributed by atoms with Crippen molar-refractivity contribution in [3.8, 4) is 0 Å². The molecule has 0 spiro atoms. The lowest BCUT2D eigenvalue weighted by Crippen LogP contribution is -2.47.